The molecule has 1 aliphatic rings. The average Bonchev–Trinajstić information content (AvgIpc) is 2.26. The third kappa shape index (κ3) is 3.31. The molecule has 1 aliphatic heterocycles. The highest BCUT2D eigenvalue weighted by Crippen LogP contribution is 2.17. The Morgan fingerprint density at radius 2 is 2.24 bits per heavy atom. The van der Waals surface area contributed by atoms with E-state index in [2.05, 4.69) is 25.1 Å². The summed E-state index contributed by atoms with van der Waals surface area (Å²) >= 11 is 0. The minimum Gasteiger partial charge on any atom is -0.329 e. The van der Waals surface area contributed by atoms with Crippen LogP contribution < -0.4 is 5.32 Å². The van der Waals surface area contributed by atoms with E-state index in [1.165, 1.54) is 4.90 Å². The van der Waals surface area contributed by atoms with E-state index >= 15 is 0 Å². The molecular weight excluding hydrogens is 216 g/mol. The molecule has 1 N–H and O–H groups in total. The maximum absolute atomic E-state index is 11.7. The summed E-state index contributed by atoms with van der Waals surface area (Å²) in [5.74, 6) is -0.178. The summed E-state index contributed by atoms with van der Waals surface area (Å²) in [6.07, 6.45) is 1.99. The zero-order chi connectivity index (χ0) is 13.0. The van der Waals surface area contributed by atoms with Crippen molar-refractivity contribution < 1.29 is 9.59 Å². The standard InChI is InChI=1S/C13H18N2O2/c1-9(2)10(3)7-15(8-16)12-6-5-11(4)14-13(12)17/h8,12H,1,3-7H2,2H3,(H,14,17). The highest BCUT2D eigenvalue weighted by Gasteiger charge is 2.29. The number of carbonyl (C=O) groups excluding carboxylic acids is 2. The lowest BCUT2D eigenvalue weighted by Crippen LogP contribution is -2.49. The summed E-state index contributed by atoms with van der Waals surface area (Å²) in [4.78, 5) is 24.2. The summed E-state index contributed by atoms with van der Waals surface area (Å²) in [6.45, 7) is 13.5. The molecule has 17 heavy (non-hydrogen) atoms. The first-order chi connectivity index (χ1) is 7.95. The van der Waals surface area contributed by atoms with Gasteiger partial charge in [-0.1, -0.05) is 25.3 Å². The summed E-state index contributed by atoms with van der Waals surface area (Å²) < 4.78 is 0. The second kappa shape index (κ2) is 5.48. The number of hydrogen-bond donors (Lipinski definition) is 1. The Morgan fingerprint density at radius 3 is 2.71 bits per heavy atom. The molecule has 1 saturated heterocycles. The fraction of sp³-hybridized carbons (Fsp3) is 0.385. The molecule has 4 nitrogen and oxygen atoms in total. The number of allylic oxidation sites excluding steroid dienone is 1. The van der Waals surface area contributed by atoms with Gasteiger partial charge in [0.05, 0.1) is 0 Å². The number of amides is 2. The van der Waals surface area contributed by atoms with Gasteiger partial charge < -0.3 is 10.2 Å². The number of rotatable bonds is 5. The lowest BCUT2D eigenvalue weighted by molar-refractivity contribution is -0.133. The number of nitrogens with one attached hydrogen (secondary N) is 1. The van der Waals surface area contributed by atoms with E-state index < -0.39 is 6.04 Å². The van der Waals surface area contributed by atoms with Crippen LogP contribution in [0.3, 0.4) is 0 Å². The predicted octanol–water partition coefficient (Wildman–Crippen LogP) is 1.37. The first-order valence-corrected chi connectivity index (χ1v) is 5.49. The van der Waals surface area contributed by atoms with Crippen molar-refractivity contribution in [1.29, 1.82) is 0 Å². The minimum atomic E-state index is -0.436. The summed E-state index contributed by atoms with van der Waals surface area (Å²) in [5.41, 5.74) is 2.28. The van der Waals surface area contributed by atoms with Gasteiger partial charge in [-0.3, -0.25) is 9.59 Å². The van der Waals surface area contributed by atoms with Crippen LogP contribution in [0, 0.1) is 0 Å². The smallest absolute Gasteiger partial charge is 0.246 e. The fourth-order valence-corrected chi connectivity index (χ4v) is 1.65. The molecule has 0 aromatic heterocycles. The Kier molecular flexibility index (Phi) is 4.26. The van der Waals surface area contributed by atoms with Crippen molar-refractivity contribution >= 4 is 12.3 Å². The molecule has 92 valence electrons. The Hall–Kier alpha value is -1.84. The Morgan fingerprint density at radius 1 is 1.59 bits per heavy atom. The second-order valence-corrected chi connectivity index (χ2v) is 4.31. The Labute approximate surface area is 102 Å². The molecule has 4 heteroatoms. The van der Waals surface area contributed by atoms with Crippen LogP contribution in [0.4, 0.5) is 0 Å². The van der Waals surface area contributed by atoms with Crippen molar-refractivity contribution in [3.8, 4) is 0 Å². The minimum absolute atomic E-state index is 0.178. The topological polar surface area (TPSA) is 49.4 Å². The predicted molar refractivity (Wildman–Crippen MR) is 67.0 cm³/mol. The highest BCUT2D eigenvalue weighted by molar-refractivity contribution is 5.86. The fourth-order valence-electron chi connectivity index (χ4n) is 1.65. The molecule has 0 bridgehead atoms. The lowest BCUT2D eigenvalue weighted by Gasteiger charge is -2.31. The van der Waals surface area contributed by atoms with E-state index in [4.69, 9.17) is 0 Å². The second-order valence-electron chi connectivity index (χ2n) is 4.31. The van der Waals surface area contributed by atoms with Crippen molar-refractivity contribution in [2.45, 2.75) is 25.8 Å². The zero-order valence-electron chi connectivity index (χ0n) is 10.2. The summed E-state index contributed by atoms with van der Waals surface area (Å²) in [6, 6.07) is -0.436. The number of hydrogen-bond acceptors (Lipinski definition) is 2. The first-order valence-electron chi connectivity index (χ1n) is 5.49. The van der Waals surface area contributed by atoms with Crippen LogP contribution in [0.1, 0.15) is 19.8 Å². The van der Waals surface area contributed by atoms with E-state index in [1.807, 2.05) is 6.92 Å². The monoisotopic (exact) mass is 234 g/mol. The lowest BCUT2D eigenvalue weighted by atomic mass is 10.0. The molecule has 1 fully saturated rings. The van der Waals surface area contributed by atoms with Crippen molar-refractivity contribution in [3.63, 3.8) is 0 Å². The zero-order valence-corrected chi connectivity index (χ0v) is 10.2. The molecule has 1 heterocycles. The first kappa shape index (κ1) is 13.2. The van der Waals surface area contributed by atoms with Gasteiger partial charge in [-0.25, -0.2) is 0 Å². The van der Waals surface area contributed by atoms with Crippen molar-refractivity contribution in [2.24, 2.45) is 0 Å². The Bertz CT molecular complexity index is 385. The molecule has 1 unspecified atom stereocenters. The molecule has 1 atom stereocenters. The molecule has 2 amide bonds. The van der Waals surface area contributed by atoms with E-state index in [1.54, 1.807) is 0 Å². The van der Waals surface area contributed by atoms with Crippen LogP contribution in [0.15, 0.2) is 36.6 Å². The molecule has 0 aromatic carbocycles. The van der Waals surface area contributed by atoms with Crippen molar-refractivity contribution in [1.82, 2.24) is 10.2 Å². The summed E-state index contributed by atoms with van der Waals surface area (Å²) in [5, 5.41) is 2.66. The van der Waals surface area contributed by atoms with Gasteiger partial charge in [-0.15, -0.1) is 0 Å². The molecule has 0 radical (unpaired) electrons. The van der Waals surface area contributed by atoms with E-state index in [0.717, 1.165) is 11.1 Å². The summed E-state index contributed by atoms with van der Waals surface area (Å²) in [7, 11) is 0. The molecule has 0 aromatic rings. The number of piperidine rings is 1. The van der Waals surface area contributed by atoms with Crippen molar-refractivity contribution in [3.05, 3.63) is 36.6 Å². The molecule has 0 saturated carbocycles. The molecule has 0 aliphatic carbocycles. The highest BCUT2D eigenvalue weighted by atomic mass is 16.2. The van der Waals surface area contributed by atoms with Crippen LogP contribution in [0.5, 0.6) is 0 Å². The van der Waals surface area contributed by atoms with Gasteiger partial charge in [0, 0.05) is 12.2 Å². The van der Waals surface area contributed by atoms with E-state index in [9.17, 15) is 9.59 Å². The Balaban J connectivity index is 2.70. The SMILES string of the molecule is C=C1CCC(N(C=O)CC(=C)C(=C)C)C(=O)N1. The third-order valence-corrected chi connectivity index (χ3v) is 2.83. The van der Waals surface area contributed by atoms with Gasteiger partial charge in [-0.05, 0) is 25.3 Å². The average molecular weight is 234 g/mol. The van der Waals surface area contributed by atoms with Gasteiger partial charge in [-0.2, -0.15) is 0 Å². The van der Waals surface area contributed by atoms with Gasteiger partial charge in [0.25, 0.3) is 0 Å². The number of nitrogens with zero attached hydrogens (tertiary/aromatic N) is 1. The van der Waals surface area contributed by atoms with Crippen LogP contribution in [-0.4, -0.2) is 29.8 Å². The van der Waals surface area contributed by atoms with Gasteiger partial charge >= 0.3 is 0 Å². The van der Waals surface area contributed by atoms with Gasteiger partial charge in [0.2, 0.25) is 12.3 Å². The van der Waals surface area contributed by atoms with Crippen LogP contribution in [-0.2, 0) is 9.59 Å². The maximum atomic E-state index is 11.7. The molecule has 0 spiro atoms. The van der Waals surface area contributed by atoms with Crippen LogP contribution >= 0.6 is 0 Å². The molecular formula is C13H18N2O2. The van der Waals surface area contributed by atoms with Gasteiger partial charge in [0.15, 0.2) is 0 Å². The van der Waals surface area contributed by atoms with Crippen molar-refractivity contribution in [2.75, 3.05) is 6.54 Å². The normalized spacial score (nSPS) is 19.5. The maximum Gasteiger partial charge on any atom is 0.246 e. The molecule has 1 rings (SSSR count). The quantitative estimate of drug-likeness (QED) is 0.577. The third-order valence-electron chi connectivity index (χ3n) is 2.83. The van der Waals surface area contributed by atoms with Gasteiger partial charge in [0.1, 0.15) is 6.04 Å². The van der Waals surface area contributed by atoms with E-state index in [0.29, 0.717) is 31.5 Å². The van der Waals surface area contributed by atoms with Crippen LogP contribution in [0.25, 0.3) is 0 Å². The number of carbonyl (C=O) groups is 2. The largest absolute Gasteiger partial charge is 0.329 e. The van der Waals surface area contributed by atoms with E-state index in [-0.39, 0.29) is 5.91 Å². The van der Waals surface area contributed by atoms with Crippen LogP contribution in [0.2, 0.25) is 0 Å².